The average Bonchev–Trinajstić information content (AvgIpc) is 3.05. The summed E-state index contributed by atoms with van der Waals surface area (Å²) < 4.78 is 28.3. The molecule has 0 radical (unpaired) electrons. The maximum Gasteiger partial charge on any atom is 0.261 e. The predicted octanol–water partition coefficient (Wildman–Crippen LogP) is 5.45. The van der Waals surface area contributed by atoms with Crippen LogP contribution in [0.15, 0.2) is 76.1 Å². The van der Waals surface area contributed by atoms with Crippen molar-refractivity contribution in [1.29, 1.82) is 0 Å². The Hall–Kier alpha value is -2.35. The second-order valence-electron chi connectivity index (χ2n) is 5.88. The molecule has 0 saturated carbocycles. The summed E-state index contributed by atoms with van der Waals surface area (Å²) in [5, 5.41) is 0.635. The van der Waals surface area contributed by atoms with Crippen LogP contribution in [0.3, 0.4) is 0 Å². The lowest BCUT2D eigenvalue weighted by Crippen LogP contribution is -2.12. The minimum atomic E-state index is -3.64. The van der Waals surface area contributed by atoms with Crippen LogP contribution in [-0.2, 0) is 10.0 Å². The molecule has 5 nitrogen and oxygen atoms in total. The van der Waals surface area contributed by atoms with Gasteiger partial charge in [0.2, 0.25) is 0 Å². The van der Waals surface area contributed by atoms with Crippen LogP contribution in [0.4, 0.5) is 5.69 Å². The normalized spacial score (nSPS) is 11.6. The molecule has 136 valence electrons. The number of anilines is 1. The first-order chi connectivity index (χ1) is 12.9. The number of nitrogens with one attached hydrogen (secondary N) is 2. The lowest BCUT2D eigenvalue weighted by Gasteiger charge is -2.08. The smallest absolute Gasteiger partial charge is 0.261 e. The molecule has 1 aromatic heterocycles. The number of hydrogen-bond acceptors (Lipinski definition) is 3. The van der Waals surface area contributed by atoms with Gasteiger partial charge in [0.25, 0.3) is 10.0 Å². The molecule has 0 spiro atoms. The summed E-state index contributed by atoms with van der Waals surface area (Å²) in [7, 11) is -3.64. The molecule has 0 fully saturated rings. The first-order valence-electron chi connectivity index (χ1n) is 7.95. The van der Waals surface area contributed by atoms with Crippen LogP contribution < -0.4 is 4.72 Å². The molecule has 0 aliphatic carbocycles. The molecule has 4 rings (SSSR count). The second-order valence-corrected chi connectivity index (χ2v) is 8.92. The van der Waals surface area contributed by atoms with Crippen molar-refractivity contribution in [3.05, 3.63) is 76.2 Å². The standard InChI is InChI=1S/C19H13BrClN3O2S/c20-13-3-8-16(9-4-13)27(25,26)24-15-6-1-12(2-7-15)19-22-17-10-5-14(21)11-18(17)23-19/h1-11,24H,(H,22,23). The molecule has 0 amide bonds. The van der Waals surface area contributed by atoms with Gasteiger partial charge in [0.1, 0.15) is 5.82 Å². The van der Waals surface area contributed by atoms with Gasteiger partial charge in [-0.05, 0) is 66.7 Å². The zero-order valence-electron chi connectivity index (χ0n) is 13.8. The van der Waals surface area contributed by atoms with Crippen LogP contribution in [0.5, 0.6) is 0 Å². The topological polar surface area (TPSA) is 74.8 Å². The van der Waals surface area contributed by atoms with Crippen molar-refractivity contribution in [1.82, 2.24) is 9.97 Å². The van der Waals surface area contributed by atoms with Crippen molar-refractivity contribution in [2.24, 2.45) is 0 Å². The van der Waals surface area contributed by atoms with E-state index in [1.54, 1.807) is 54.6 Å². The monoisotopic (exact) mass is 461 g/mol. The lowest BCUT2D eigenvalue weighted by atomic mass is 10.2. The van der Waals surface area contributed by atoms with Crippen LogP contribution in [0.25, 0.3) is 22.4 Å². The molecule has 3 aromatic carbocycles. The number of halogens is 2. The van der Waals surface area contributed by atoms with E-state index in [-0.39, 0.29) is 4.90 Å². The molecular weight excluding hydrogens is 450 g/mol. The van der Waals surface area contributed by atoms with Gasteiger partial charge in [-0.1, -0.05) is 27.5 Å². The summed E-state index contributed by atoms with van der Waals surface area (Å²) in [6.45, 7) is 0. The van der Waals surface area contributed by atoms with Crippen molar-refractivity contribution in [2.75, 3.05) is 4.72 Å². The van der Waals surface area contributed by atoms with Crippen LogP contribution in [0, 0.1) is 0 Å². The number of imidazole rings is 1. The first kappa shape index (κ1) is 18.0. The summed E-state index contributed by atoms with van der Waals surface area (Å²) in [6, 6.07) is 18.9. The third kappa shape index (κ3) is 3.85. The fourth-order valence-corrected chi connectivity index (χ4v) is 4.14. The Morgan fingerprint density at radius 2 is 1.67 bits per heavy atom. The van der Waals surface area contributed by atoms with Crippen molar-refractivity contribution < 1.29 is 8.42 Å². The summed E-state index contributed by atoms with van der Waals surface area (Å²) in [5.41, 5.74) is 2.97. The summed E-state index contributed by atoms with van der Waals surface area (Å²) >= 11 is 9.29. The predicted molar refractivity (Wildman–Crippen MR) is 111 cm³/mol. The maximum absolute atomic E-state index is 12.5. The minimum absolute atomic E-state index is 0.198. The van der Waals surface area contributed by atoms with Crippen molar-refractivity contribution in [2.45, 2.75) is 4.90 Å². The fraction of sp³-hybridized carbons (Fsp3) is 0. The number of aromatic nitrogens is 2. The minimum Gasteiger partial charge on any atom is -0.338 e. The Kier molecular flexibility index (Phi) is 4.67. The quantitative estimate of drug-likeness (QED) is 0.424. The largest absolute Gasteiger partial charge is 0.338 e. The van der Waals surface area contributed by atoms with Gasteiger partial charge >= 0.3 is 0 Å². The average molecular weight is 463 g/mol. The van der Waals surface area contributed by atoms with Gasteiger partial charge in [-0.3, -0.25) is 4.72 Å². The molecule has 0 bridgehead atoms. The SMILES string of the molecule is O=S(=O)(Nc1ccc(-c2nc3ccc(Cl)cc3[nH]2)cc1)c1ccc(Br)cc1. The van der Waals surface area contributed by atoms with Crippen molar-refractivity contribution in [3.63, 3.8) is 0 Å². The van der Waals surface area contributed by atoms with Crippen LogP contribution in [0.2, 0.25) is 5.02 Å². The van der Waals surface area contributed by atoms with E-state index in [9.17, 15) is 8.42 Å². The first-order valence-corrected chi connectivity index (χ1v) is 10.6. The van der Waals surface area contributed by atoms with Crippen molar-refractivity contribution in [3.8, 4) is 11.4 Å². The molecule has 4 aromatic rings. The van der Waals surface area contributed by atoms with E-state index in [1.165, 1.54) is 0 Å². The molecule has 0 aliphatic rings. The van der Waals surface area contributed by atoms with Gasteiger partial charge in [0.05, 0.1) is 15.9 Å². The Morgan fingerprint density at radius 1 is 0.963 bits per heavy atom. The summed E-state index contributed by atoms with van der Waals surface area (Å²) in [5.74, 6) is 0.689. The zero-order valence-corrected chi connectivity index (χ0v) is 16.9. The Bertz CT molecular complexity index is 1220. The number of sulfonamides is 1. The number of aromatic amines is 1. The van der Waals surface area contributed by atoms with Gasteiger partial charge in [-0.15, -0.1) is 0 Å². The van der Waals surface area contributed by atoms with E-state index >= 15 is 0 Å². The second kappa shape index (κ2) is 6.99. The van der Waals surface area contributed by atoms with E-state index in [2.05, 4.69) is 30.6 Å². The van der Waals surface area contributed by atoms with Gasteiger partial charge in [0.15, 0.2) is 0 Å². The number of benzene rings is 3. The number of rotatable bonds is 4. The molecule has 8 heteroatoms. The molecular formula is C19H13BrClN3O2S. The van der Waals surface area contributed by atoms with Crippen LogP contribution in [0.1, 0.15) is 0 Å². The molecule has 1 heterocycles. The van der Waals surface area contributed by atoms with Gasteiger partial charge in [-0.25, -0.2) is 13.4 Å². The lowest BCUT2D eigenvalue weighted by molar-refractivity contribution is 0.601. The highest BCUT2D eigenvalue weighted by Crippen LogP contribution is 2.25. The van der Waals surface area contributed by atoms with Crippen LogP contribution >= 0.6 is 27.5 Å². The van der Waals surface area contributed by atoms with E-state index in [4.69, 9.17) is 11.6 Å². The zero-order chi connectivity index (χ0) is 19.0. The summed E-state index contributed by atoms with van der Waals surface area (Å²) in [4.78, 5) is 7.94. The molecule has 0 saturated heterocycles. The van der Waals surface area contributed by atoms with Gasteiger partial charge in [-0.2, -0.15) is 0 Å². The number of fused-ring (bicyclic) bond motifs is 1. The molecule has 0 unspecified atom stereocenters. The Labute approximate surface area is 169 Å². The molecule has 0 atom stereocenters. The van der Waals surface area contributed by atoms with Gasteiger partial charge in [0, 0.05) is 20.7 Å². The fourth-order valence-electron chi connectivity index (χ4n) is 2.64. The highest BCUT2D eigenvalue weighted by atomic mass is 79.9. The molecule has 0 aliphatic heterocycles. The number of H-pyrrole nitrogens is 1. The van der Waals surface area contributed by atoms with Gasteiger partial charge < -0.3 is 4.98 Å². The van der Waals surface area contributed by atoms with E-state index < -0.39 is 10.0 Å². The maximum atomic E-state index is 12.5. The number of nitrogens with zero attached hydrogens (tertiary/aromatic N) is 1. The van der Waals surface area contributed by atoms with E-state index in [0.717, 1.165) is 21.1 Å². The third-order valence-corrected chi connectivity index (χ3v) is 6.14. The Balaban J connectivity index is 1.58. The Morgan fingerprint density at radius 3 is 2.37 bits per heavy atom. The van der Waals surface area contributed by atoms with Crippen molar-refractivity contribution >= 4 is 54.3 Å². The molecule has 27 heavy (non-hydrogen) atoms. The molecule has 2 N–H and O–H groups in total. The highest BCUT2D eigenvalue weighted by Gasteiger charge is 2.14. The van der Waals surface area contributed by atoms with Crippen LogP contribution in [-0.4, -0.2) is 18.4 Å². The summed E-state index contributed by atoms with van der Waals surface area (Å²) in [6.07, 6.45) is 0. The highest BCUT2D eigenvalue weighted by molar-refractivity contribution is 9.10. The van der Waals surface area contributed by atoms with E-state index in [1.807, 2.05) is 12.1 Å². The number of hydrogen-bond donors (Lipinski definition) is 2. The third-order valence-electron chi connectivity index (χ3n) is 3.98. The van der Waals surface area contributed by atoms with E-state index in [0.29, 0.717) is 16.5 Å².